The van der Waals surface area contributed by atoms with Gasteiger partial charge < -0.3 is 29.9 Å². The van der Waals surface area contributed by atoms with E-state index in [-0.39, 0.29) is 0 Å². The Labute approximate surface area is 177 Å². The summed E-state index contributed by atoms with van der Waals surface area (Å²) in [5.74, 6) is 0.545. The van der Waals surface area contributed by atoms with Crippen molar-refractivity contribution in [1.82, 2.24) is 0 Å². The Bertz CT molecular complexity index is 845. The molecule has 1 fully saturated rings. The van der Waals surface area contributed by atoms with Gasteiger partial charge in [-0.2, -0.15) is 5.06 Å². The normalized spacial score (nSPS) is 26.3. The minimum Gasteiger partial charge on any atom is -0.457 e. The van der Waals surface area contributed by atoms with Gasteiger partial charge in [-0.3, -0.25) is 4.79 Å². The van der Waals surface area contributed by atoms with E-state index in [4.69, 9.17) is 25.9 Å². The molecular formula is C20H22ClNO8. The summed E-state index contributed by atoms with van der Waals surface area (Å²) in [6, 6.07) is 13.1. The number of benzene rings is 2. The Hall–Kier alpha value is -2.24. The number of hydroxylamine groups is 1. The average Bonchev–Trinajstić information content (AvgIpc) is 2.74. The van der Waals surface area contributed by atoms with Gasteiger partial charge in [0.1, 0.15) is 35.9 Å². The molecule has 1 aliphatic heterocycles. The number of carbonyl (C=O) groups is 1. The van der Waals surface area contributed by atoms with Crippen molar-refractivity contribution in [1.29, 1.82) is 0 Å². The van der Waals surface area contributed by atoms with Gasteiger partial charge in [0.2, 0.25) is 12.2 Å². The summed E-state index contributed by atoms with van der Waals surface area (Å²) in [7, 11) is 0. The van der Waals surface area contributed by atoms with Gasteiger partial charge in [-0.05, 0) is 48.5 Å². The number of ether oxygens (including phenoxy) is 2. The largest absolute Gasteiger partial charge is 0.457 e. The topological polar surface area (TPSA) is 129 Å². The lowest BCUT2D eigenvalue weighted by Gasteiger charge is -2.40. The van der Waals surface area contributed by atoms with Crippen LogP contribution in [0.15, 0.2) is 48.5 Å². The van der Waals surface area contributed by atoms with Crippen LogP contribution in [0.4, 0.5) is 5.69 Å². The number of halogens is 1. The predicted molar refractivity (Wildman–Crippen MR) is 106 cm³/mol. The first kappa shape index (κ1) is 22.4. The van der Waals surface area contributed by atoms with Gasteiger partial charge in [0.05, 0.1) is 12.3 Å². The maximum Gasteiger partial charge on any atom is 0.247 e. The summed E-state index contributed by atoms with van der Waals surface area (Å²) in [5, 5.41) is 40.6. The molecule has 4 N–H and O–H groups in total. The molecule has 162 valence electrons. The third kappa shape index (κ3) is 5.08. The van der Waals surface area contributed by atoms with E-state index in [1.807, 2.05) is 0 Å². The van der Waals surface area contributed by atoms with E-state index in [0.717, 1.165) is 5.06 Å². The zero-order valence-corrected chi connectivity index (χ0v) is 16.7. The van der Waals surface area contributed by atoms with Gasteiger partial charge in [-0.1, -0.05) is 11.6 Å². The zero-order valence-electron chi connectivity index (χ0n) is 16.0. The van der Waals surface area contributed by atoms with E-state index < -0.39 is 43.2 Å². The Morgan fingerprint density at radius 3 is 2.10 bits per heavy atom. The number of hydrogen-bond donors (Lipinski definition) is 4. The molecule has 2 aromatic rings. The summed E-state index contributed by atoms with van der Waals surface area (Å²) in [6.45, 7) is 0.629. The second kappa shape index (κ2) is 9.71. The van der Waals surface area contributed by atoms with Crippen molar-refractivity contribution in [2.45, 2.75) is 37.6 Å². The lowest BCUT2D eigenvalue weighted by Crippen LogP contribution is -2.60. The fourth-order valence-corrected chi connectivity index (χ4v) is 2.99. The number of amides is 1. The van der Waals surface area contributed by atoms with Crippen LogP contribution in [0.5, 0.6) is 11.5 Å². The third-order valence-corrected chi connectivity index (χ3v) is 4.72. The van der Waals surface area contributed by atoms with Crippen LogP contribution in [0.1, 0.15) is 6.92 Å². The van der Waals surface area contributed by atoms with Crippen LogP contribution in [-0.2, 0) is 14.4 Å². The first-order valence-corrected chi connectivity index (χ1v) is 9.49. The van der Waals surface area contributed by atoms with Gasteiger partial charge in [-0.15, -0.1) is 0 Å². The molecule has 2 aromatic carbocycles. The highest BCUT2D eigenvalue weighted by molar-refractivity contribution is 6.30. The molecule has 10 heteroatoms. The molecule has 1 heterocycles. The first-order valence-electron chi connectivity index (χ1n) is 9.11. The van der Waals surface area contributed by atoms with Crippen molar-refractivity contribution < 1.29 is 39.5 Å². The van der Waals surface area contributed by atoms with Crippen LogP contribution in [-0.4, -0.2) is 63.6 Å². The summed E-state index contributed by atoms with van der Waals surface area (Å²) in [5.41, 5.74) is 0.308. The minimum atomic E-state index is -1.64. The second-order valence-corrected chi connectivity index (χ2v) is 7.10. The molecule has 0 radical (unpaired) electrons. The van der Waals surface area contributed by atoms with Crippen molar-refractivity contribution in [3.05, 3.63) is 53.6 Å². The highest BCUT2D eigenvalue weighted by Gasteiger charge is 2.45. The van der Waals surface area contributed by atoms with Crippen molar-refractivity contribution in [3.63, 3.8) is 0 Å². The van der Waals surface area contributed by atoms with E-state index in [1.165, 1.54) is 6.92 Å². The van der Waals surface area contributed by atoms with E-state index in [2.05, 4.69) is 0 Å². The number of carbonyl (C=O) groups excluding carboxylic acids is 1. The molecule has 1 amide bonds. The maximum atomic E-state index is 12.1. The van der Waals surface area contributed by atoms with E-state index in [9.17, 15) is 25.2 Å². The lowest BCUT2D eigenvalue weighted by atomic mass is 9.99. The van der Waals surface area contributed by atoms with Crippen molar-refractivity contribution in [2.24, 2.45) is 0 Å². The molecule has 1 saturated heterocycles. The van der Waals surface area contributed by atoms with Crippen LogP contribution >= 0.6 is 11.6 Å². The fraction of sp³-hybridized carbons (Fsp3) is 0.350. The molecule has 0 saturated carbocycles. The molecule has 5 atom stereocenters. The summed E-state index contributed by atoms with van der Waals surface area (Å²) >= 11 is 5.85. The number of aliphatic hydroxyl groups is 4. The van der Waals surface area contributed by atoms with Crippen LogP contribution < -0.4 is 9.80 Å². The van der Waals surface area contributed by atoms with E-state index >= 15 is 0 Å². The highest BCUT2D eigenvalue weighted by atomic mass is 35.5. The quantitative estimate of drug-likeness (QED) is 0.494. The van der Waals surface area contributed by atoms with Crippen molar-refractivity contribution in [3.8, 4) is 11.5 Å². The number of rotatable bonds is 6. The fourth-order valence-electron chi connectivity index (χ4n) is 2.86. The van der Waals surface area contributed by atoms with Gasteiger partial charge in [-0.25, -0.2) is 4.84 Å². The first-order chi connectivity index (χ1) is 14.3. The second-order valence-electron chi connectivity index (χ2n) is 6.67. The number of aliphatic hydroxyl groups excluding tert-OH is 4. The molecule has 0 aromatic heterocycles. The third-order valence-electron chi connectivity index (χ3n) is 4.46. The Kier molecular flexibility index (Phi) is 7.27. The van der Waals surface area contributed by atoms with Crippen molar-refractivity contribution >= 4 is 23.2 Å². The Balaban J connectivity index is 1.73. The summed E-state index contributed by atoms with van der Waals surface area (Å²) < 4.78 is 11.0. The number of nitrogens with zero attached hydrogens (tertiary/aromatic N) is 1. The summed E-state index contributed by atoms with van der Waals surface area (Å²) in [6.07, 6.45) is -7.44. The monoisotopic (exact) mass is 439 g/mol. The van der Waals surface area contributed by atoms with Crippen molar-refractivity contribution in [2.75, 3.05) is 11.7 Å². The molecule has 0 bridgehead atoms. The maximum absolute atomic E-state index is 12.1. The molecule has 0 spiro atoms. The Morgan fingerprint density at radius 2 is 1.57 bits per heavy atom. The molecule has 0 aliphatic carbocycles. The number of hydrogen-bond acceptors (Lipinski definition) is 8. The van der Waals surface area contributed by atoms with Gasteiger partial charge in [0, 0.05) is 11.9 Å². The summed E-state index contributed by atoms with van der Waals surface area (Å²) in [4.78, 5) is 17.5. The zero-order chi connectivity index (χ0) is 21.8. The molecule has 30 heavy (non-hydrogen) atoms. The molecule has 5 unspecified atom stereocenters. The van der Waals surface area contributed by atoms with Gasteiger partial charge in [0.25, 0.3) is 0 Å². The van der Waals surface area contributed by atoms with Crippen LogP contribution in [0.2, 0.25) is 5.02 Å². The Morgan fingerprint density at radius 1 is 1.00 bits per heavy atom. The van der Waals surface area contributed by atoms with Crippen LogP contribution in [0.25, 0.3) is 0 Å². The van der Waals surface area contributed by atoms with Gasteiger partial charge in [0.15, 0.2) is 0 Å². The average molecular weight is 440 g/mol. The molecule has 9 nitrogen and oxygen atoms in total. The predicted octanol–water partition coefficient (Wildman–Crippen LogP) is 1.22. The molecular weight excluding hydrogens is 418 g/mol. The van der Waals surface area contributed by atoms with E-state index in [0.29, 0.717) is 22.2 Å². The van der Waals surface area contributed by atoms with Gasteiger partial charge >= 0.3 is 0 Å². The molecule has 3 rings (SSSR count). The van der Waals surface area contributed by atoms with Crippen LogP contribution in [0, 0.1) is 0 Å². The highest BCUT2D eigenvalue weighted by Crippen LogP contribution is 2.28. The minimum absolute atomic E-state index is 0.308. The standard InChI is InChI=1S/C20H22ClNO8/c1-11(24)22(30-20-19(27)18(26)17(25)16(10-23)29-20)13-4-8-15(9-5-13)28-14-6-2-12(21)3-7-14/h2-9,16-20,23,25-27H,10H2,1H3. The van der Waals surface area contributed by atoms with E-state index in [1.54, 1.807) is 48.5 Å². The SMILES string of the molecule is CC(=O)N(OC1OC(CO)C(O)C(O)C1O)c1ccc(Oc2ccc(Cl)cc2)cc1. The smallest absolute Gasteiger partial charge is 0.247 e. The lowest BCUT2D eigenvalue weighted by molar-refractivity contribution is -0.302. The molecule has 1 aliphatic rings. The van der Waals surface area contributed by atoms with Crippen LogP contribution in [0.3, 0.4) is 0 Å². The number of anilines is 1.